The molecule has 0 spiro atoms. The van der Waals surface area contributed by atoms with Crippen LogP contribution in [0, 0.1) is 13.8 Å². The van der Waals surface area contributed by atoms with Gasteiger partial charge in [-0.05, 0) is 57.6 Å². The second-order valence-electron chi connectivity index (χ2n) is 6.59. The zero-order valence-electron chi connectivity index (χ0n) is 14.8. The van der Waals surface area contributed by atoms with Crippen LogP contribution in [-0.4, -0.2) is 68.6 Å². The van der Waals surface area contributed by atoms with E-state index in [-0.39, 0.29) is 5.91 Å². The summed E-state index contributed by atoms with van der Waals surface area (Å²) in [7, 11) is 4.19. The molecule has 5 heteroatoms. The van der Waals surface area contributed by atoms with E-state index in [9.17, 15) is 4.79 Å². The summed E-state index contributed by atoms with van der Waals surface area (Å²) < 4.78 is 5.68. The molecule has 1 aliphatic rings. The van der Waals surface area contributed by atoms with Crippen molar-refractivity contribution in [3.63, 3.8) is 0 Å². The third kappa shape index (κ3) is 5.52. The van der Waals surface area contributed by atoms with E-state index < -0.39 is 0 Å². The number of ether oxygens (including phenoxy) is 1. The first-order chi connectivity index (χ1) is 11.0. The molecule has 0 bridgehead atoms. The van der Waals surface area contributed by atoms with Gasteiger partial charge in [-0.2, -0.15) is 0 Å². The van der Waals surface area contributed by atoms with Crippen molar-refractivity contribution in [2.45, 2.75) is 26.3 Å². The minimum absolute atomic E-state index is 0.0769. The first-order valence-electron chi connectivity index (χ1n) is 8.31. The fraction of sp³-hybridized carbons (Fsp3) is 0.611. The zero-order chi connectivity index (χ0) is 16.8. The Morgan fingerprint density at radius 3 is 2.78 bits per heavy atom. The van der Waals surface area contributed by atoms with E-state index >= 15 is 0 Å². The van der Waals surface area contributed by atoms with Crippen LogP contribution in [0.15, 0.2) is 18.2 Å². The highest BCUT2D eigenvalue weighted by Gasteiger charge is 2.24. The number of hydrogen-bond acceptors (Lipinski definition) is 4. The average Bonchev–Trinajstić information content (AvgIpc) is 2.96. The molecular formula is C18H29N3O2. The summed E-state index contributed by atoms with van der Waals surface area (Å²) in [6, 6.07) is 6.62. The maximum Gasteiger partial charge on any atom is 0.234 e. The molecule has 0 radical (unpaired) electrons. The molecule has 1 saturated heterocycles. The van der Waals surface area contributed by atoms with E-state index in [0.29, 0.717) is 25.7 Å². The van der Waals surface area contributed by atoms with Gasteiger partial charge in [-0.15, -0.1) is 0 Å². The van der Waals surface area contributed by atoms with Gasteiger partial charge in [0.2, 0.25) is 5.91 Å². The van der Waals surface area contributed by atoms with Crippen molar-refractivity contribution in [2.75, 3.05) is 46.9 Å². The summed E-state index contributed by atoms with van der Waals surface area (Å²) >= 11 is 0. The number of carbonyl (C=O) groups is 1. The van der Waals surface area contributed by atoms with E-state index in [1.807, 2.05) is 12.1 Å². The summed E-state index contributed by atoms with van der Waals surface area (Å²) in [5.74, 6) is 0.934. The first kappa shape index (κ1) is 17.8. The van der Waals surface area contributed by atoms with Crippen LogP contribution in [-0.2, 0) is 4.79 Å². The van der Waals surface area contributed by atoms with Crippen molar-refractivity contribution in [3.8, 4) is 5.75 Å². The van der Waals surface area contributed by atoms with Crippen LogP contribution in [0.3, 0.4) is 0 Å². The number of rotatable bonds is 7. The quantitative estimate of drug-likeness (QED) is 0.773. The molecule has 5 nitrogen and oxygen atoms in total. The molecule has 128 valence electrons. The van der Waals surface area contributed by atoms with E-state index in [1.165, 1.54) is 11.1 Å². The Morgan fingerprint density at radius 1 is 1.35 bits per heavy atom. The smallest absolute Gasteiger partial charge is 0.234 e. The summed E-state index contributed by atoms with van der Waals surface area (Å²) in [6.45, 7) is 7.63. The zero-order valence-corrected chi connectivity index (χ0v) is 14.8. The van der Waals surface area contributed by atoms with E-state index in [1.54, 1.807) is 0 Å². The number of hydrogen-bond donors (Lipinski definition) is 1. The highest BCUT2D eigenvalue weighted by atomic mass is 16.5. The summed E-state index contributed by atoms with van der Waals surface area (Å²) in [4.78, 5) is 16.4. The average molecular weight is 319 g/mol. The number of carbonyl (C=O) groups excluding carboxylic acids is 1. The SMILES string of the molecule is Cc1ccc(OCCNC(=O)CN2CC[C@@H](N(C)C)C2)cc1C. The normalized spacial score (nSPS) is 18.4. The molecule has 23 heavy (non-hydrogen) atoms. The van der Waals surface area contributed by atoms with Crippen molar-refractivity contribution in [3.05, 3.63) is 29.3 Å². The lowest BCUT2D eigenvalue weighted by Crippen LogP contribution is -2.39. The molecule has 2 rings (SSSR count). The van der Waals surface area contributed by atoms with Gasteiger partial charge in [0.1, 0.15) is 12.4 Å². The van der Waals surface area contributed by atoms with Crippen LogP contribution in [0.25, 0.3) is 0 Å². The highest BCUT2D eigenvalue weighted by Crippen LogP contribution is 2.16. The number of likely N-dealkylation sites (tertiary alicyclic amines) is 1. The lowest BCUT2D eigenvalue weighted by Gasteiger charge is -2.20. The number of likely N-dealkylation sites (N-methyl/N-ethyl adjacent to an activating group) is 1. The van der Waals surface area contributed by atoms with E-state index in [0.717, 1.165) is 25.3 Å². The molecule has 1 heterocycles. The molecule has 1 aromatic carbocycles. The van der Waals surface area contributed by atoms with Crippen molar-refractivity contribution in [1.82, 2.24) is 15.1 Å². The maximum atomic E-state index is 12.0. The number of nitrogens with one attached hydrogen (secondary N) is 1. The van der Waals surface area contributed by atoms with Crippen LogP contribution in [0.4, 0.5) is 0 Å². The maximum absolute atomic E-state index is 12.0. The molecule has 1 N–H and O–H groups in total. The Labute approximate surface area is 139 Å². The Kier molecular flexibility index (Phi) is 6.42. The molecule has 1 fully saturated rings. The number of benzene rings is 1. The molecule has 1 atom stereocenters. The molecule has 1 aromatic rings. The van der Waals surface area contributed by atoms with Gasteiger partial charge in [-0.1, -0.05) is 6.07 Å². The van der Waals surface area contributed by atoms with Crippen LogP contribution < -0.4 is 10.1 Å². The van der Waals surface area contributed by atoms with Gasteiger partial charge in [0.15, 0.2) is 0 Å². The van der Waals surface area contributed by atoms with Gasteiger partial charge in [-0.3, -0.25) is 9.69 Å². The lowest BCUT2D eigenvalue weighted by atomic mass is 10.1. The lowest BCUT2D eigenvalue weighted by molar-refractivity contribution is -0.122. The van der Waals surface area contributed by atoms with E-state index in [2.05, 4.69) is 49.1 Å². The monoisotopic (exact) mass is 319 g/mol. The van der Waals surface area contributed by atoms with Crippen molar-refractivity contribution >= 4 is 5.91 Å². The van der Waals surface area contributed by atoms with Crippen LogP contribution in [0.5, 0.6) is 5.75 Å². The second-order valence-corrected chi connectivity index (χ2v) is 6.59. The summed E-state index contributed by atoms with van der Waals surface area (Å²) in [5, 5.41) is 2.93. The van der Waals surface area contributed by atoms with Crippen molar-refractivity contribution in [2.24, 2.45) is 0 Å². The van der Waals surface area contributed by atoms with E-state index in [4.69, 9.17) is 4.74 Å². The van der Waals surface area contributed by atoms with Crippen LogP contribution in [0.2, 0.25) is 0 Å². The van der Waals surface area contributed by atoms with Crippen molar-refractivity contribution in [1.29, 1.82) is 0 Å². The predicted molar refractivity (Wildman–Crippen MR) is 93.0 cm³/mol. The predicted octanol–water partition coefficient (Wildman–Crippen LogP) is 1.43. The Morgan fingerprint density at radius 2 is 2.13 bits per heavy atom. The fourth-order valence-corrected chi connectivity index (χ4v) is 2.80. The molecule has 0 aromatic heterocycles. The second kappa shape index (κ2) is 8.31. The van der Waals surface area contributed by atoms with Gasteiger partial charge < -0.3 is 15.0 Å². The van der Waals surface area contributed by atoms with Crippen LogP contribution >= 0.6 is 0 Å². The summed E-state index contributed by atoms with van der Waals surface area (Å²) in [6.07, 6.45) is 1.14. The highest BCUT2D eigenvalue weighted by molar-refractivity contribution is 5.78. The molecule has 0 aliphatic carbocycles. The molecule has 1 aliphatic heterocycles. The third-order valence-electron chi connectivity index (χ3n) is 4.52. The van der Waals surface area contributed by atoms with Crippen molar-refractivity contribution < 1.29 is 9.53 Å². The Balaban J connectivity index is 1.62. The van der Waals surface area contributed by atoms with Gasteiger partial charge in [0, 0.05) is 19.1 Å². The largest absolute Gasteiger partial charge is 0.492 e. The first-order valence-corrected chi connectivity index (χ1v) is 8.31. The van der Waals surface area contributed by atoms with Gasteiger partial charge in [0.25, 0.3) is 0 Å². The minimum Gasteiger partial charge on any atom is -0.492 e. The van der Waals surface area contributed by atoms with Gasteiger partial charge >= 0.3 is 0 Å². The number of nitrogens with zero attached hydrogens (tertiary/aromatic N) is 2. The molecular weight excluding hydrogens is 290 g/mol. The Bertz CT molecular complexity index is 531. The minimum atomic E-state index is 0.0769. The topological polar surface area (TPSA) is 44.8 Å². The van der Waals surface area contributed by atoms with Crippen LogP contribution in [0.1, 0.15) is 17.5 Å². The van der Waals surface area contributed by atoms with Gasteiger partial charge in [-0.25, -0.2) is 0 Å². The number of aryl methyl sites for hydroxylation is 2. The molecule has 0 saturated carbocycles. The standard InChI is InChI=1S/C18H29N3O2/c1-14-5-6-17(11-15(14)2)23-10-8-19-18(22)13-21-9-7-16(12-21)20(3)4/h5-6,11,16H,7-10,12-13H2,1-4H3,(H,19,22)/t16-/m1/s1. The third-order valence-corrected chi connectivity index (χ3v) is 4.52. The molecule has 0 unspecified atom stereocenters. The number of amides is 1. The van der Waals surface area contributed by atoms with Gasteiger partial charge in [0.05, 0.1) is 13.1 Å². The summed E-state index contributed by atoms with van der Waals surface area (Å²) in [5.41, 5.74) is 2.48. The molecule has 1 amide bonds. The Hall–Kier alpha value is -1.59. The fourth-order valence-electron chi connectivity index (χ4n) is 2.80.